The minimum atomic E-state index is 0.151. The Morgan fingerprint density at radius 2 is 1.78 bits per heavy atom. The van der Waals surface area contributed by atoms with Gasteiger partial charge in [-0.25, -0.2) is 0 Å². The quantitative estimate of drug-likeness (QED) is 0.837. The monoisotopic (exact) mass is 308 g/mol. The molecule has 2 aliphatic rings. The number of halogens is 1. The van der Waals surface area contributed by atoms with Gasteiger partial charge in [-0.1, -0.05) is 12.1 Å². The highest BCUT2D eigenvalue weighted by molar-refractivity contribution is 9.10. The zero-order chi connectivity index (χ0) is 12.5. The molecule has 1 amide bonds. The number of carbonyl (C=O) groups excluding carboxylic acids is 1. The number of carbonyl (C=O) groups is 1. The smallest absolute Gasteiger partial charge is 0.255 e. The fraction of sp³-hybridized carbons (Fsp3) is 0.500. The first-order valence-corrected chi connectivity index (χ1v) is 7.33. The lowest BCUT2D eigenvalue weighted by atomic mass is 10.2. The molecule has 0 spiro atoms. The summed E-state index contributed by atoms with van der Waals surface area (Å²) in [6.45, 7) is 3.77. The van der Waals surface area contributed by atoms with Crippen molar-refractivity contribution >= 4 is 21.8 Å². The van der Waals surface area contributed by atoms with E-state index in [9.17, 15) is 4.79 Å². The molecule has 1 saturated carbocycles. The highest BCUT2D eigenvalue weighted by Crippen LogP contribution is 2.28. The number of hydrogen-bond donors (Lipinski definition) is 0. The molecule has 1 aliphatic heterocycles. The summed E-state index contributed by atoms with van der Waals surface area (Å²) in [6, 6.07) is 8.48. The zero-order valence-electron chi connectivity index (χ0n) is 10.3. The van der Waals surface area contributed by atoms with E-state index in [0.717, 1.165) is 42.3 Å². The SMILES string of the molecule is O=C(c1ccccc1Br)N1CCN(C2CC2)CC1. The van der Waals surface area contributed by atoms with E-state index in [1.54, 1.807) is 0 Å². The molecule has 0 atom stereocenters. The van der Waals surface area contributed by atoms with Crippen LogP contribution in [0, 0.1) is 0 Å². The van der Waals surface area contributed by atoms with Gasteiger partial charge in [0.05, 0.1) is 5.56 Å². The Morgan fingerprint density at radius 3 is 2.39 bits per heavy atom. The Kier molecular flexibility index (Phi) is 3.39. The van der Waals surface area contributed by atoms with Crippen LogP contribution in [0.1, 0.15) is 23.2 Å². The second kappa shape index (κ2) is 5.02. The summed E-state index contributed by atoms with van der Waals surface area (Å²) in [5.41, 5.74) is 0.775. The zero-order valence-corrected chi connectivity index (χ0v) is 11.9. The van der Waals surface area contributed by atoms with Crippen LogP contribution in [-0.4, -0.2) is 47.9 Å². The van der Waals surface area contributed by atoms with E-state index in [1.807, 2.05) is 29.2 Å². The molecular formula is C14H17BrN2O. The summed E-state index contributed by atoms with van der Waals surface area (Å²) in [5, 5.41) is 0. The Labute approximate surface area is 116 Å². The van der Waals surface area contributed by atoms with Crippen LogP contribution in [0.25, 0.3) is 0 Å². The first kappa shape index (κ1) is 12.2. The third-order valence-electron chi connectivity index (χ3n) is 3.77. The number of benzene rings is 1. The Morgan fingerprint density at radius 1 is 1.11 bits per heavy atom. The standard InChI is InChI=1S/C14H17BrN2O/c15-13-4-2-1-3-12(13)14(18)17-9-7-16(8-10-17)11-5-6-11/h1-4,11H,5-10H2. The van der Waals surface area contributed by atoms with Gasteiger partial charge in [-0.15, -0.1) is 0 Å². The molecular weight excluding hydrogens is 292 g/mol. The molecule has 0 bridgehead atoms. The van der Waals surface area contributed by atoms with Crippen molar-refractivity contribution < 1.29 is 4.79 Å². The second-order valence-corrected chi connectivity index (χ2v) is 5.89. The minimum absolute atomic E-state index is 0.151. The second-order valence-electron chi connectivity index (χ2n) is 5.04. The summed E-state index contributed by atoms with van der Waals surface area (Å²) >= 11 is 3.45. The lowest BCUT2D eigenvalue weighted by Crippen LogP contribution is -2.49. The van der Waals surface area contributed by atoms with Gasteiger partial charge in [0.2, 0.25) is 0 Å². The van der Waals surface area contributed by atoms with Gasteiger partial charge in [-0.05, 0) is 40.9 Å². The van der Waals surface area contributed by atoms with Gasteiger partial charge in [0.1, 0.15) is 0 Å². The molecule has 1 aliphatic carbocycles. The molecule has 0 aromatic heterocycles. The summed E-state index contributed by atoms with van der Waals surface area (Å²) in [6.07, 6.45) is 2.69. The van der Waals surface area contributed by atoms with E-state index in [2.05, 4.69) is 20.8 Å². The van der Waals surface area contributed by atoms with Crippen molar-refractivity contribution in [3.8, 4) is 0 Å². The fourth-order valence-corrected chi connectivity index (χ4v) is 2.99. The maximum Gasteiger partial charge on any atom is 0.255 e. The van der Waals surface area contributed by atoms with E-state index in [-0.39, 0.29) is 5.91 Å². The predicted molar refractivity (Wildman–Crippen MR) is 74.6 cm³/mol. The molecule has 1 heterocycles. The van der Waals surface area contributed by atoms with Crippen molar-refractivity contribution in [1.29, 1.82) is 0 Å². The van der Waals surface area contributed by atoms with Crippen LogP contribution in [0.15, 0.2) is 28.7 Å². The van der Waals surface area contributed by atoms with Crippen molar-refractivity contribution in [1.82, 2.24) is 9.80 Å². The van der Waals surface area contributed by atoms with Crippen LogP contribution in [0.3, 0.4) is 0 Å². The highest BCUT2D eigenvalue weighted by atomic mass is 79.9. The van der Waals surface area contributed by atoms with Gasteiger partial charge in [0.25, 0.3) is 5.91 Å². The largest absolute Gasteiger partial charge is 0.336 e. The average Bonchev–Trinajstić information content (AvgIpc) is 3.23. The van der Waals surface area contributed by atoms with Gasteiger partial charge >= 0.3 is 0 Å². The fourth-order valence-electron chi connectivity index (χ4n) is 2.53. The Balaban J connectivity index is 1.65. The van der Waals surface area contributed by atoms with E-state index >= 15 is 0 Å². The van der Waals surface area contributed by atoms with Crippen LogP contribution in [0.2, 0.25) is 0 Å². The number of nitrogens with zero attached hydrogens (tertiary/aromatic N) is 2. The molecule has 1 aromatic carbocycles. The van der Waals surface area contributed by atoms with Gasteiger partial charge in [-0.2, -0.15) is 0 Å². The maximum absolute atomic E-state index is 12.4. The van der Waals surface area contributed by atoms with E-state index < -0.39 is 0 Å². The Bertz CT molecular complexity index is 451. The molecule has 3 rings (SSSR count). The van der Waals surface area contributed by atoms with Crippen molar-refractivity contribution in [2.45, 2.75) is 18.9 Å². The molecule has 96 valence electrons. The van der Waals surface area contributed by atoms with Crippen molar-refractivity contribution in [2.75, 3.05) is 26.2 Å². The van der Waals surface area contributed by atoms with Crippen molar-refractivity contribution in [2.24, 2.45) is 0 Å². The van der Waals surface area contributed by atoms with Gasteiger partial charge in [-0.3, -0.25) is 9.69 Å². The number of piperazine rings is 1. The van der Waals surface area contributed by atoms with Crippen molar-refractivity contribution in [3.05, 3.63) is 34.3 Å². The molecule has 1 saturated heterocycles. The lowest BCUT2D eigenvalue weighted by Gasteiger charge is -2.35. The van der Waals surface area contributed by atoms with Crippen molar-refractivity contribution in [3.63, 3.8) is 0 Å². The van der Waals surface area contributed by atoms with Gasteiger partial charge in [0, 0.05) is 36.7 Å². The first-order chi connectivity index (χ1) is 8.75. The molecule has 2 fully saturated rings. The molecule has 0 N–H and O–H groups in total. The van der Waals surface area contributed by atoms with Crippen LogP contribution >= 0.6 is 15.9 Å². The molecule has 0 radical (unpaired) electrons. The van der Waals surface area contributed by atoms with E-state index in [4.69, 9.17) is 0 Å². The Hall–Kier alpha value is -0.870. The van der Waals surface area contributed by atoms with Gasteiger partial charge < -0.3 is 4.90 Å². The molecule has 3 nitrogen and oxygen atoms in total. The predicted octanol–water partition coefficient (Wildman–Crippen LogP) is 2.37. The van der Waals surface area contributed by atoms with Crippen LogP contribution in [0.4, 0.5) is 0 Å². The molecule has 1 aromatic rings. The molecule has 4 heteroatoms. The van der Waals surface area contributed by atoms with E-state index in [1.165, 1.54) is 12.8 Å². The number of amides is 1. The summed E-state index contributed by atoms with van der Waals surface area (Å²) < 4.78 is 0.889. The topological polar surface area (TPSA) is 23.6 Å². The summed E-state index contributed by atoms with van der Waals surface area (Å²) in [4.78, 5) is 16.9. The third kappa shape index (κ3) is 2.45. The molecule has 18 heavy (non-hydrogen) atoms. The normalized spacial score (nSPS) is 21.1. The van der Waals surface area contributed by atoms with Crippen LogP contribution in [-0.2, 0) is 0 Å². The first-order valence-electron chi connectivity index (χ1n) is 6.53. The maximum atomic E-state index is 12.4. The summed E-state index contributed by atoms with van der Waals surface area (Å²) in [5.74, 6) is 0.151. The number of rotatable bonds is 2. The van der Waals surface area contributed by atoms with Gasteiger partial charge in [0.15, 0.2) is 0 Å². The minimum Gasteiger partial charge on any atom is -0.336 e. The van der Waals surface area contributed by atoms with Crippen LogP contribution < -0.4 is 0 Å². The van der Waals surface area contributed by atoms with Crippen LogP contribution in [0.5, 0.6) is 0 Å². The molecule has 0 unspecified atom stereocenters. The summed E-state index contributed by atoms with van der Waals surface area (Å²) in [7, 11) is 0. The van der Waals surface area contributed by atoms with E-state index in [0.29, 0.717) is 0 Å². The lowest BCUT2D eigenvalue weighted by molar-refractivity contribution is 0.0626. The number of hydrogen-bond acceptors (Lipinski definition) is 2. The highest BCUT2D eigenvalue weighted by Gasteiger charge is 2.32. The average molecular weight is 309 g/mol. The third-order valence-corrected chi connectivity index (χ3v) is 4.46.